The molecule has 0 saturated carbocycles. The van der Waals surface area contributed by atoms with Crippen molar-refractivity contribution in [2.24, 2.45) is 15.6 Å². The second-order valence-corrected chi connectivity index (χ2v) is 6.30. The normalized spacial score (nSPS) is 31.2. The molecule has 0 amide bonds. The van der Waals surface area contributed by atoms with Crippen molar-refractivity contribution in [3.05, 3.63) is 41.0 Å². The van der Waals surface area contributed by atoms with Crippen molar-refractivity contribution in [1.29, 1.82) is 0 Å². The van der Waals surface area contributed by atoms with Crippen molar-refractivity contribution in [2.45, 2.75) is 45.2 Å². The summed E-state index contributed by atoms with van der Waals surface area (Å²) in [6.07, 6.45) is 3.72. The maximum absolute atomic E-state index is 4.62. The largest absolute Gasteiger partial charge is 0.185 e. The summed E-state index contributed by atoms with van der Waals surface area (Å²) < 4.78 is 0. The molecule has 0 radical (unpaired) electrons. The molecule has 4 rings (SSSR count). The summed E-state index contributed by atoms with van der Waals surface area (Å²) in [6.45, 7) is 4.65. The van der Waals surface area contributed by atoms with Crippen molar-refractivity contribution in [3.63, 3.8) is 0 Å². The third kappa shape index (κ3) is 1.14. The van der Waals surface area contributed by atoms with Crippen LogP contribution in [0.3, 0.4) is 0 Å². The Bertz CT molecular complexity index is 581. The van der Waals surface area contributed by atoms with Crippen LogP contribution in [-0.4, -0.2) is 6.04 Å². The Kier molecular flexibility index (Phi) is 1.93. The molecule has 92 valence electrons. The molecule has 0 fully saturated rings. The predicted octanol–water partition coefficient (Wildman–Crippen LogP) is 4.54. The van der Waals surface area contributed by atoms with Gasteiger partial charge in [0.25, 0.3) is 0 Å². The molecule has 2 bridgehead atoms. The minimum Gasteiger partial charge on any atom is -0.185 e. The minimum absolute atomic E-state index is 0.136. The predicted molar refractivity (Wildman–Crippen MR) is 72.4 cm³/mol. The highest BCUT2D eigenvalue weighted by Crippen LogP contribution is 2.56. The Labute approximate surface area is 108 Å². The van der Waals surface area contributed by atoms with Crippen LogP contribution >= 0.6 is 0 Å². The number of rotatable bonds is 0. The number of hydrogen-bond acceptors (Lipinski definition) is 2. The molecule has 0 unspecified atom stereocenters. The Morgan fingerprint density at radius 3 is 2.72 bits per heavy atom. The standard InChI is InChI=1S/C16H18N2/c1-16(2)14-12-7-4-3-6-10(12)11-8-5-9-13(11)15(16)18-17-14/h3-4,6-7,14-15H,5,8-9H2,1-2H3/t14-,15+/m0/s1. The topological polar surface area (TPSA) is 24.7 Å². The number of allylic oxidation sites excluding steroid dienone is 1. The van der Waals surface area contributed by atoms with Crippen LogP contribution in [0.1, 0.15) is 50.3 Å². The zero-order valence-corrected chi connectivity index (χ0v) is 11.0. The van der Waals surface area contributed by atoms with Gasteiger partial charge in [0.1, 0.15) is 6.04 Å². The second kappa shape index (κ2) is 3.31. The fourth-order valence-electron chi connectivity index (χ4n) is 3.95. The lowest BCUT2D eigenvalue weighted by Gasteiger charge is -2.29. The van der Waals surface area contributed by atoms with Crippen LogP contribution in [0.15, 0.2) is 40.1 Å². The van der Waals surface area contributed by atoms with Crippen LogP contribution in [0.2, 0.25) is 0 Å². The van der Waals surface area contributed by atoms with Crippen LogP contribution in [0, 0.1) is 5.41 Å². The zero-order chi connectivity index (χ0) is 12.3. The van der Waals surface area contributed by atoms with Gasteiger partial charge in [-0.25, -0.2) is 0 Å². The molecule has 0 saturated heterocycles. The average molecular weight is 238 g/mol. The molecule has 3 aliphatic rings. The fourth-order valence-corrected chi connectivity index (χ4v) is 3.95. The van der Waals surface area contributed by atoms with Crippen molar-refractivity contribution in [1.82, 2.24) is 0 Å². The Morgan fingerprint density at radius 1 is 1.06 bits per heavy atom. The van der Waals surface area contributed by atoms with Crippen LogP contribution in [0.5, 0.6) is 0 Å². The lowest BCUT2D eigenvalue weighted by Crippen LogP contribution is -2.29. The lowest BCUT2D eigenvalue weighted by atomic mass is 9.75. The van der Waals surface area contributed by atoms with Gasteiger partial charge in [0, 0.05) is 5.41 Å². The Hall–Kier alpha value is -1.44. The molecule has 1 aromatic carbocycles. The van der Waals surface area contributed by atoms with Crippen LogP contribution in [0.4, 0.5) is 0 Å². The summed E-state index contributed by atoms with van der Waals surface area (Å²) in [4.78, 5) is 0. The van der Waals surface area contributed by atoms with E-state index in [4.69, 9.17) is 0 Å². The first-order chi connectivity index (χ1) is 8.69. The van der Waals surface area contributed by atoms with Gasteiger partial charge in [-0.2, -0.15) is 10.2 Å². The fraction of sp³-hybridized carbons (Fsp3) is 0.500. The van der Waals surface area contributed by atoms with E-state index in [2.05, 4.69) is 48.3 Å². The molecule has 2 atom stereocenters. The average Bonchev–Trinajstić information content (AvgIpc) is 2.88. The molecule has 0 spiro atoms. The van der Waals surface area contributed by atoms with Crippen molar-refractivity contribution < 1.29 is 0 Å². The summed E-state index contributed by atoms with van der Waals surface area (Å²) in [7, 11) is 0. The summed E-state index contributed by atoms with van der Waals surface area (Å²) in [6, 6.07) is 9.37. The first kappa shape index (κ1) is 10.5. The monoisotopic (exact) mass is 238 g/mol. The molecule has 18 heavy (non-hydrogen) atoms. The molecular formula is C16H18N2. The number of azo groups is 1. The molecular weight excluding hydrogens is 220 g/mol. The second-order valence-electron chi connectivity index (χ2n) is 6.30. The highest BCUT2D eigenvalue weighted by molar-refractivity contribution is 5.76. The van der Waals surface area contributed by atoms with E-state index in [-0.39, 0.29) is 11.5 Å². The van der Waals surface area contributed by atoms with Crippen molar-refractivity contribution >= 4 is 5.57 Å². The highest BCUT2D eigenvalue weighted by Gasteiger charge is 2.49. The van der Waals surface area contributed by atoms with Gasteiger partial charge in [0.2, 0.25) is 0 Å². The SMILES string of the molecule is CC1(C)[C@@H]2N=N[C@H]1c1ccccc1C1=C2CCC1. The molecule has 1 heterocycles. The highest BCUT2D eigenvalue weighted by atomic mass is 15.2. The van der Waals surface area contributed by atoms with E-state index in [1.165, 1.54) is 30.4 Å². The molecule has 2 aliphatic carbocycles. The van der Waals surface area contributed by atoms with Crippen LogP contribution in [0.25, 0.3) is 5.57 Å². The van der Waals surface area contributed by atoms with Crippen molar-refractivity contribution in [3.8, 4) is 0 Å². The maximum Gasteiger partial charge on any atom is 0.104 e. The smallest absolute Gasteiger partial charge is 0.104 e. The minimum atomic E-state index is 0.136. The van der Waals surface area contributed by atoms with E-state index in [1.807, 2.05) is 0 Å². The van der Waals surface area contributed by atoms with Gasteiger partial charge in [0.15, 0.2) is 0 Å². The van der Waals surface area contributed by atoms with E-state index >= 15 is 0 Å². The third-order valence-electron chi connectivity index (χ3n) is 4.88. The summed E-state index contributed by atoms with van der Waals surface area (Å²) in [5.41, 5.74) is 6.11. The number of benzene rings is 1. The van der Waals surface area contributed by atoms with E-state index in [9.17, 15) is 0 Å². The van der Waals surface area contributed by atoms with E-state index in [0.717, 1.165) is 0 Å². The molecule has 0 N–H and O–H groups in total. The molecule has 0 aromatic heterocycles. The quantitative estimate of drug-likeness (QED) is 0.634. The summed E-state index contributed by atoms with van der Waals surface area (Å²) in [5, 5.41) is 9.22. The van der Waals surface area contributed by atoms with Gasteiger partial charge >= 0.3 is 0 Å². The maximum atomic E-state index is 4.62. The lowest BCUT2D eigenvalue weighted by molar-refractivity contribution is 0.299. The number of hydrogen-bond donors (Lipinski definition) is 0. The first-order valence-electron chi connectivity index (χ1n) is 6.91. The van der Waals surface area contributed by atoms with Gasteiger partial charge in [-0.1, -0.05) is 38.1 Å². The van der Waals surface area contributed by atoms with Crippen LogP contribution in [-0.2, 0) is 0 Å². The Balaban J connectivity index is 2.06. The van der Waals surface area contributed by atoms with Gasteiger partial charge in [-0.15, -0.1) is 0 Å². The van der Waals surface area contributed by atoms with Gasteiger partial charge in [-0.05, 0) is 41.5 Å². The Morgan fingerprint density at radius 2 is 1.83 bits per heavy atom. The molecule has 2 nitrogen and oxygen atoms in total. The van der Waals surface area contributed by atoms with Gasteiger partial charge in [0.05, 0.1) is 6.04 Å². The molecule has 1 aromatic rings. The third-order valence-corrected chi connectivity index (χ3v) is 4.88. The van der Waals surface area contributed by atoms with Crippen molar-refractivity contribution in [2.75, 3.05) is 0 Å². The summed E-state index contributed by atoms with van der Waals surface area (Å²) >= 11 is 0. The van der Waals surface area contributed by atoms with E-state index in [0.29, 0.717) is 6.04 Å². The van der Waals surface area contributed by atoms with Gasteiger partial charge < -0.3 is 0 Å². The van der Waals surface area contributed by atoms with Crippen LogP contribution < -0.4 is 0 Å². The van der Waals surface area contributed by atoms with Gasteiger partial charge in [-0.3, -0.25) is 0 Å². The number of fused-ring (bicyclic) bond motifs is 6. The zero-order valence-electron chi connectivity index (χ0n) is 11.0. The molecule has 1 aliphatic heterocycles. The summed E-state index contributed by atoms with van der Waals surface area (Å²) in [5.74, 6) is 0. The number of nitrogens with zero attached hydrogens (tertiary/aromatic N) is 2. The van der Waals surface area contributed by atoms with E-state index in [1.54, 1.807) is 11.1 Å². The first-order valence-corrected chi connectivity index (χ1v) is 6.91. The van der Waals surface area contributed by atoms with E-state index < -0.39 is 0 Å². The molecule has 2 heteroatoms.